The summed E-state index contributed by atoms with van der Waals surface area (Å²) < 4.78 is 18.9. The van der Waals surface area contributed by atoms with Crippen LogP contribution >= 0.6 is 11.3 Å². The molecular weight excluding hydrogens is 305 g/mol. The summed E-state index contributed by atoms with van der Waals surface area (Å²) in [4.78, 5) is 17.8. The Balaban J connectivity index is 1.84. The number of hydrogen-bond acceptors (Lipinski definition) is 5. The monoisotopic (exact) mass is 321 g/mol. The topological polar surface area (TPSA) is 77.2 Å². The third kappa shape index (κ3) is 2.82. The Bertz CT molecular complexity index is 717. The van der Waals surface area contributed by atoms with Gasteiger partial charge < -0.3 is 10.5 Å². The fraction of sp³-hybridized carbons (Fsp3) is 0.333. The zero-order chi connectivity index (χ0) is 15.7. The summed E-state index contributed by atoms with van der Waals surface area (Å²) in [6, 6.07) is 4.41. The fourth-order valence-electron chi connectivity index (χ4n) is 2.51. The Morgan fingerprint density at radius 3 is 3.14 bits per heavy atom. The molecule has 3 N–H and O–H groups in total. The summed E-state index contributed by atoms with van der Waals surface area (Å²) in [6.07, 6.45) is 2.48. The van der Waals surface area contributed by atoms with E-state index in [4.69, 9.17) is 10.5 Å². The van der Waals surface area contributed by atoms with Crippen molar-refractivity contribution in [3.05, 3.63) is 40.2 Å². The molecule has 1 atom stereocenters. The molecule has 0 saturated heterocycles. The molecule has 0 spiro atoms. The van der Waals surface area contributed by atoms with Gasteiger partial charge in [-0.15, -0.1) is 11.3 Å². The highest BCUT2D eigenvalue weighted by molar-refractivity contribution is 7.15. The van der Waals surface area contributed by atoms with Crippen LogP contribution in [0.5, 0.6) is 5.75 Å². The maximum Gasteiger partial charge on any atom is 0.264 e. The van der Waals surface area contributed by atoms with Crippen molar-refractivity contribution in [2.45, 2.75) is 25.3 Å². The van der Waals surface area contributed by atoms with Crippen LogP contribution in [0, 0.1) is 5.82 Å². The molecule has 2 aromatic rings. The molecule has 0 radical (unpaired) electrons. The molecule has 0 fully saturated rings. The van der Waals surface area contributed by atoms with Gasteiger partial charge in [-0.25, -0.2) is 9.37 Å². The number of methoxy groups -OCH3 is 1. The first-order valence-corrected chi connectivity index (χ1v) is 7.78. The SMILES string of the molecule is COc1cccc(F)c1C(=O)Nc1nc2c(s1)C[C@@H](N)CC2. The lowest BCUT2D eigenvalue weighted by atomic mass is 9.99. The highest BCUT2D eigenvalue weighted by Crippen LogP contribution is 2.30. The number of fused-ring (bicyclic) bond motifs is 1. The third-order valence-corrected chi connectivity index (χ3v) is 4.66. The van der Waals surface area contributed by atoms with Crippen LogP contribution < -0.4 is 15.8 Å². The fourth-order valence-corrected chi connectivity index (χ4v) is 3.60. The molecule has 1 amide bonds. The smallest absolute Gasteiger partial charge is 0.264 e. The van der Waals surface area contributed by atoms with Crippen LogP contribution in [0.2, 0.25) is 0 Å². The van der Waals surface area contributed by atoms with E-state index in [1.165, 1.54) is 30.6 Å². The molecule has 0 bridgehead atoms. The Morgan fingerprint density at radius 2 is 2.36 bits per heavy atom. The van der Waals surface area contributed by atoms with Gasteiger partial charge in [0.15, 0.2) is 5.13 Å². The van der Waals surface area contributed by atoms with Crippen molar-refractivity contribution in [3.8, 4) is 5.75 Å². The molecule has 3 rings (SSSR count). The highest BCUT2D eigenvalue weighted by atomic mass is 32.1. The Labute approximate surface area is 131 Å². The Hall–Kier alpha value is -1.99. The Kier molecular flexibility index (Phi) is 4.08. The molecular formula is C15H16FN3O2S. The maximum atomic E-state index is 13.9. The van der Waals surface area contributed by atoms with Gasteiger partial charge >= 0.3 is 0 Å². The van der Waals surface area contributed by atoms with Crippen molar-refractivity contribution >= 4 is 22.4 Å². The predicted molar refractivity (Wildman–Crippen MR) is 83.0 cm³/mol. The molecule has 0 saturated carbocycles. The number of benzene rings is 1. The second-order valence-corrected chi connectivity index (χ2v) is 6.25. The van der Waals surface area contributed by atoms with Gasteiger partial charge in [0.05, 0.1) is 12.8 Å². The van der Waals surface area contributed by atoms with Gasteiger partial charge in [-0.05, 0) is 31.4 Å². The number of thiazole rings is 1. The van der Waals surface area contributed by atoms with Crippen LogP contribution in [-0.4, -0.2) is 24.0 Å². The molecule has 116 valence electrons. The van der Waals surface area contributed by atoms with Crippen molar-refractivity contribution in [1.82, 2.24) is 4.98 Å². The first-order valence-electron chi connectivity index (χ1n) is 6.96. The van der Waals surface area contributed by atoms with Crippen molar-refractivity contribution in [3.63, 3.8) is 0 Å². The van der Waals surface area contributed by atoms with E-state index in [0.717, 1.165) is 29.8 Å². The van der Waals surface area contributed by atoms with Crippen LogP contribution in [0.4, 0.5) is 9.52 Å². The number of carbonyl (C=O) groups excluding carboxylic acids is 1. The number of nitrogens with one attached hydrogen (secondary N) is 1. The van der Waals surface area contributed by atoms with Gasteiger partial charge in [0.2, 0.25) is 0 Å². The summed E-state index contributed by atoms with van der Waals surface area (Å²) in [5.41, 5.74) is 6.79. The molecule has 1 aliphatic carbocycles. The van der Waals surface area contributed by atoms with Gasteiger partial charge in [0.1, 0.15) is 17.1 Å². The minimum Gasteiger partial charge on any atom is -0.496 e. The van der Waals surface area contributed by atoms with E-state index in [0.29, 0.717) is 5.13 Å². The van der Waals surface area contributed by atoms with Gasteiger partial charge in [-0.1, -0.05) is 6.07 Å². The third-order valence-electron chi connectivity index (χ3n) is 3.62. The molecule has 1 heterocycles. The summed E-state index contributed by atoms with van der Waals surface area (Å²) >= 11 is 1.40. The maximum absolute atomic E-state index is 13.9. The number of aromatic nitrogens is 1. The van der Waals surface area contributed by atoms with E-state index in [1.807, 2.05) is 0 Å². The summed E-state index contributed by atoms with van der Waals surface area (Å²) in [5, 5.41) is 3.12. The minimum absolute atomic E-state index is 0.116. The second kappa shape index (κ2) is 6.02. The molecule has 7 heteroatoms. The molecule has 1 aliphatic rings. The zero-order valence-corrected chi connectivity index (χ0v) is 12.9. The van der Waals surface area contributed by atoms with Crippen molar-refractivity contribution in [2.75, 3.05) is 12.4 Å². The summed E-state index contributed by atoms with van der Waals surface area (Å²) in [7, 11) is 1.40. The summed E-state index contributed by atoms with van der Waals surface area (Å²) in [6.45, 7) is 0. The lowest BCUT2D eigenvalue weighted by Crippen LogP contribution is -2.27. The van der Waals surface area contributed by atoms with E-state index in [2.05, 4.69) is 10.3 Å². The first kappa shape index (κ1) is 14.9. The normalized spacial score (nSPS) is 17.0. The minimum atomic E-state index is -0.625. The van der Waals surface area contributed by atoms with Crippen molar-refractivity contribution < 1.29 is 13.9 Å². The number of amides is 1. The van der Waals surface area contributed by atoms with E-state index in [1.54, 1.807) is 6.07 Å². The van der Waals surface area contributed by atoms with Crippen LogP contribution in [-0.2, 0) is 12.8 Å². The lowest BCUT2D eigenvalue weighted by Gasteiger charge is -2.15. The molecule has 0 unspecified atom stereocenters. The number of carbonyl (C=O) groups is 1. The zero-order valence-electron chi connectivity index (χ0n) is 12.1. The largest absolute Gasteiger partial charge is 0.496 e. The van der Waals surface area contributed by atoms with Gasteiger partial charge in [0, 0.05) is 10.9 Å². The van der Waals surface area contributed by atoms with Gasteiger partial charge in [-0.2, -0.15) is 0 Å². The second-order valence-electron chi connectivity index (χ2n) is 5.16. The van der Waals surface area contributed by atoms with E-state index in [-0.39, 0.29) is 17.4 Å². The average Bonchev–Trinajstić information content (AvgIpc) is 2.87. The molecule has 1 aromatic carbocycles. The number of nitrogens with zero attached hydrogens (tertiary/aromatic N) is 1. The molecule has 5 nitrogen and oxygen atoms in total. The van der Waals surface area contributed by atoms with E-state index < -0.39 is 11.7 Å². The predicted octanol–water partition coefficient (Wildman–Crippen LogP) is 2.36. The number of aryl methyl sites for hydroxylation is 1. The Morgan fingerprint density at radius 1 is 1.55 bits per heavy atom. The van der Waals surface area contributed by atoms with E-state index >= 15 is 0 Å². The first-order chi connectivity index (χ1) is 10.6. The van der Waals surface area contributed by atoms with Crippen LogP contribution in [0.1, 0.15) is 27.3 Å². The quantitative estimate of drug-likeness (QED) is 0.910. The molecule has 22 heavy (non-hydrogen) atoms. The van der Waals surface area contributed by atoms with Crippen LogP contribution in [0.3, 0.4) is 0 Å². The molecule has 1 aromatic heterocycles. The standard InChI is InChI=1S/C15H16FN3O2S/c1-21-11-4-2-3-9(16)13(11)14(20)19-15-18-10-6-5-8(17)7-12(10)22-15/h2-4,8H,5-7,17H2,1H3,(H,18,19,20)/t8-/m0/s1. The number of nitrogens with two attached hydrogens (primary N) is 1. The lowest BCUT2D eigenvalue weighted by molar-refractivity contribution is 0.102. The number of hydrogen-bond donors (Lipinski definition) is 2. The average molecular weight is 321 g/mol. The van der Waals surface area contributed by atoms with Gasteiger partial charge in [0.25, 0.3) is 5.91 Å². The number of halogens is 1. The summed E-state index contributed by atoms with van der Waals surface area (Å²) in [5.74, 6) is -0.994. The van der Waals surface area contributed by atoms with Crippen molar-refractivity contribution in [1.29, 1.82) is 0 Å². The molecule has 0 aliphatic heterocycles. The number of ether oxygens (including phenoxy) is 1. The number of anilines is 1. The number of rotatable bonds is 3. The van der Waals surface area contributed by atoms with E-state index in [9.17, 15) is 9.18 Å². The van der Waals surface area contributed by atoms with Crippen molar-refractivity contribution in [2.24, 2.45) is 5.73 Å². The van der Waals surface area contributed by atoms with Crippen LogP contribution in [0.15, 0.2) is 18.2 Å². The van der Waals surface area contributed by atoms with Gasteiger partial charge in [-0.3, -0.25) is 10.1 Å². The van der Waals surface area contributed by atoms with Crippen LogP contribution in [0.25, 0.3) is 0 Å². The highest BCUT2D eigenvalue weighted by Gasteiger charge is 2.23.